The van der Waals surface area contributed by atoms with Gasteiger partial charge in [0.15, 0.2) is 0 Å². The molecule has 0 aromatic heterocycles. The molecule has 1 saturated heterocycles. The van der Waals surface area contributed by atoms with Crippen LogP contribution >= 0.6 is 0 Å². The van der Waals surface area contributed by atoms with Crippen molar-refractivity contribution < 1.29 is 4.74 Å². The molecule has 0 aromatic rings. The van der Waals surface area contributed by atoms with Crippen molar-refractivity contribution >= 4 is 0 Å². The molecule has 0 aromatic carbocycles. The van der Waals surface area contributed by atoms with E-state index >= 15 is 0 Å². The van der Waals surface area contributed by atoms with Crippen LogP contribution in [0.5, 0.6) is 0 Å². The zero-order valence-corrected chi connectivity index (χ0v) is 7.94. The van der Waals surface area contributed by atoms with Crippen molar-refractivity contribution in [1.82, 2.24) is 0 Å². The minimum absolute atomic E-state index is 0.182. The fourth-order valence-electron chi connectivity index (χ4n) is 3.08. The first kappa shape index (κ1) is 8.31. The van der Waals surface area contributed by atoms with Crippen molar-refractivity contribution in [2.75, 3.05) is 6.61 Å². The van der Waals surface area contributed by atoms with E-state index in [-0.39, 0.29) is 5.60 Å². The fraction of sp³-hybridized carbons (Fsp3) is 0.818. The molecule has 1 aliphatic carbocycles. The van der Waals surface area contributed by atoms with Crippen molar-refractivity contribution in [3.63, 3.8) is 0 Å². The third kappa shape index (κ3) is 0.891. The minimum atomic E-state index is 0.182. The molecule has 1 heterocycles. The lowest BCUT2D eigenvalue weighted by atomic mass is 9.72. The van der Waals surface area contributed by atoms with Crippen molar-refractivity contribution in [3.05, 3.63) is 12.7 Å². The normalized spacial score (nSPS) is 46.1. The highest BCUT2D eigenvalue weighted by atomic mass is 16.5. The van der Waals surface area contributed by atoms with Gasteiger partial charge in [0.25, 0.3) is 0 Å². The molecular formula is C11H18O. The van der Waals surface area contributed by atoms with E-state index in [0.717, 1.165) is 13.0 Å². The zero-order valence-electron chi connectivity index (χ0n) is 7.94. The second kappa shape index (κ2) is 2.59. The van der Waals surface area contributed by atoms with Crippen LogP contribution in [0.25, 0.3) is 0 Å². The van der Waals surface area contributed by atoms with Crippen molar-refractivity contribution in [3.8, 4) is 0 Å². The van der Waals surface area contributed by atoms with E-state index in [2.05, 4.69) is 19.6 Å². The van der Waals surface area contributed by atoms with E-state index in [1.807, 2.05) is 0 Å². The standard InChI is InChI=1S/C11H18O/c1-3-5-11-7-4-6-10(11,2)12-9-8-11/h3H,1,4-9H2,2H3. The Balaban J connectivity index is 2.25. The van der Waals surface area contributed by atoms with Gasteiger partial charge in [0.05, 0.1) is 5.60 Å². The topological polar surface area (TPSA) is 9.23 Å². The van der Waals surface area contributed by atoms with Gasteiger partial charge in [0, 0.05) is 12.0 Å². The smallest absolute Gasteiger partial charge is 0.0714 e. The van der Waals surface area contributed by atoms with Crippen LogP contribution in [0.3, 0.4) is 0 Å². The Labute approximate surface area is 74.8 Å². The molecule has 1 aliphatic heterocycles. The molecule has 2 atom stereocenters. The number of rotatable bonds is 2. The highest BCUT2D eigenvalue weighted by molar-refractivity contribution is 5.07. The number of fused-ring (bicyclic) bond motifs is 1. The fourth-order valence-corrected chi connectivity index (χ4v) is 3.08. The molecule has 2 rings (SSSR count). The Bertz CT molecular complexity index is 185. The van der Waals surface area contributed by atoms with Crippen molar-refractivity contribution in [2.24, 2.45) is 5.41 Å². The van der Waals surface area contributed by atoms with E-state index in [9.17, 15) is 0 Å². The molecule has 0 amide bonds. The highest BCUT2D eigenvalue weighted by Crippen LogP contribution is 2.57. The lowest BCUT2D eigenvalue weighted by Gasteiger charge is -2.35. The molecule has 0 N–H and O–H groups in total. The average Bonchev–Trinajstić information content (AvgIpc) is 2.42. The summed E-state index contributed by atoms with van der Waals surface area (Å²) >= 11 is 0. The lowest BCUT2D eigenvalue weighted by molar-refractivity contribution is -0.0270. The molecule has 2 unspecified atom stereocenters. The van der Waals surface area contributed by atoms with Gasteiger partial charge in [0.2, 0.25) is 0 Å². The second-order valence-corrected chi connectivity index (χ2v) is 4.46. The molecule has 1 heteroatoms. The Morgan fingerprint density at radius 2 is 2.25 bits per heavy atom. The number of allylic oxidation sites excluding steroid dienone is 1. The summed E-state index contributed by atoms with van der Waals surface area (Å²) < 4.78 is 5.87. The maximum absolute atomic E-state index is 5.87. The van der Waals surface area contributed by atoms with Gasteiger partial charge in [-0.15, -0.1) is 6.58 Å². The first-order chi connectivity index (χ1) is 5.72. The molecular weight excluding hydrogens is 148 g/mol. The average molecular weight is 166 g/mol. The Morgan fingerprint density at radius 3 is 3.00 bits per heavy atom. The van der Waals surface area contributed by atoms with E-state index in [1.165, 1.54) is 25.7 Å². The van der Waals surface area contributed by atoms with Crippen LogP contribution in [-0.2, 0) is 4.74 Å². The Hall–Kier alpha value is -0.300. The van der Waals surface area contributed by atoms with E-state index in [1.54, 1.807) is 0 Å². The van der Waals surface area contributed by atoms with Gasteiger partial charge in [-0.25, -0.2) is 0 Å². The SMILES string of the molecule is C=CCC12CCCC1(C)OCC2. The minimum Gasteiger partial charge on any atom is -0.375 e. The van der Waals surface area contributed by atoms with Gasteiger partial charge >= 0.3 is 0 Å². The first-order valence-corrected chi connectivity index (χ1v) is 4.97. The third-order valence-corrected chi connectivity index (χ3v) is 3.97. The first-order valence-electron chi connectivity index (χ1n) is 4.97. The van der Waals surface area contributed by atoms with Gasteiger partial charge in [-0.3, -0.25) is 0 Å². The zero-order chi connectivity index (χ0) is 8.66. The summed E-state index contributed by atoms with van der Waals surface area (Å²) in [4.78, 5) is 0. The molecule has 0 radical (unpaired) electrons. The van der Waals surface area contributed by atoms with E-state index in [0.29, 0.717) is 5.41 Å². The van der Waals surface area contributed by atoms with Crippen molar-refractivity contribution in [1.29, 1.82) is 0 Å². The predicted molar refractivity (Wildman–Crippen MR) is 50.1 cm³/mol. The van der Waals surface area contributed by atoms with Crippen LogP contribution in [0.1, 0.15) is 39.0 Å². The summed E-state index contributed by atoms with van der Waals surface area (Å²) in [5, 5.41) is 0. The summed E-state index contributed by atoms with van der Waals surface area (Å²) in [7, 11) is 0. The molecule has 1 nitrogen and oxygen atoms in total. The summed E-state index contributed by atoms with van der Waals surface area (Å²) in [5.41, 5.74) is 0.635. The van der Waals surface area contributed by atoms with Crippen LogP contribution in [0.15, 0.2) is 12.7 Å². The van der Waals surface area contributed by atoms with Crippen molar-refractivity contribution in [2.45, 2.75) is 44.6 Å². The third-order valence-electron chi connectivity index (χ3n) is 3.97. The van der Waals surface area contributed by atoms with Gasteiger partial charge in [-0.2, -0.15) is 0 Å². The molecule has 2 fully saturated rings. The van der Waals surface area contributed by atoms with Crippen LogP contribution in [0.4, 0.5) is 0 Å². The van der Waals surface area contributed by atoms with Crippen LogP contribution in [0, 0.1) is 5.41 Å². The largest absolute Gasteiger partial charge is 0.375 e. The van der Waals surface area contributed by atoms with E-state index in [4.69, 9.17) is 4.74 Å². The maximum Gasteiger partial charge on any atom is 0.0714 e. The molecule has 68 valence electrons. The summed E-state index contributed by atoms with van der Waals surface area (Å²) in [6.45, 7) is 7.11. The molecule has 2 aliphatic rings. The lowest BCUT2D eigenvalue weighted by Crippen LogP contribution is -2.36. The quantitative estimate of drug-likeness (QED) is 0.573. The van der Waals surface area contributed by atoms with E-state index < -0.39 is 0 Å². The Kier molecular flexibility index (Phi) is 1.80. The van der Waals surface area contributed by atoms with Crippen LogP contribution in [0.2, 0.25) is 0 Å². The Morgan fingerprint density at radius 1 is 1.42 bits per heavy atom. The number of ether oxygens (including phenoxy) is 1. The predicted octanol–water partition coefficient (Wildman–Crippen LogP) is 2.91. The highest BCUT2D eigenvalue weighted by Gasteiger charge is 2.55. The number of hydrogen-bond acceptors (Lipinski definition) is 1. The van der Waals surface area contributed by atoms with Gasteiger partial charge in [-0.05, 0) is 39.0 Å². The van der Waals surface area contributed by atoms with Crippen LogP contribution < -0.4 is 0 Å². The summed E-state index contributed by atoms with van der Waals surface area (Å²) in [5.74, 6) is 0. The number of hydrogen-bond donors (Lipinski definition) is 0. The maximum atomic E-state index is 5.87. The monoisotopic (exact) mass is 166 g/mol. The van der Waals surface area contributed by atoms with Crippen LogP contribution in [-0.4, -0.2) is 12.2 Å². The van der Waals surface area contributed by atoms with Gasteiger partial charge in [-0.1, -0.05) is 6.08 Å². The molecule has 0 bridgehead atoms. The molecule has 12 heavy (non-hydrogen) atoms. The van der Waals surface area contributed by atoms with Gasteiger partial charge in [0.1, 0.15) is 0 Å². The molecule has 1 saturated carbocycles. The summed E-state index contributed by atoms with van der Waals surface area (Å²) in [6.07, 6.45) is 8.39. The second-order valence-electron chi connectivity index (χ2n) is 4.46. The summed E-state index contributed by atoms with van der Waals surface area (Å²) in [6, 6.07) is 0. The molecule has 0 spiro atoms. The van der Waals surface area contributed by atoms with Gasteiger partial charge < -0.3 is 4.74 Å².